The third-order valence-electron chi connectivity index (χ3n) is 5.15. The lowest BCUT2D eigenvalue weighted by Crippen LogP contribution is -2.38. The van der Waals surface area contributed by atoms with Crippen molar-refractivity contribution in [2.24, 2.45) is 0 Å². The summed E-state index contributed by atoms with van der Waals surface area (Å²) in [5, 5.41) is 11.2. The van der Waals surface area contributed by atoms with Gasteiger partial charge in [0, 0.05) is 24.6 Å². The molecule has 8 nitrogen and oxygen atoms in total. The van der Waals surface area contributed by atoms with Crippen molar-refractivity contribution in [3.8, 4) is 5.69 Å². The van der Waals surface area contributed by atoms with Crippen LogP contribution in [-0.2, 0) is 0 Å². The van der Waals surface area contributed by atoms with E-state index in [0.717, 1.165) is 35.5 Å². The molecule has 1 fully saturated rings. The summed E-state index contributed by atoms with van der Waals surface area (Å²) in [4.78, 5) is 19.4. The van der Waals surface area contributed by atoms with E-state index in [1.165, 1.54) is 11.0 Å². The smallest absolute Gasteiger partial charge is 0.253 e. The molecule has 1 aliphatic heterocycles. The molecule has 2 aromatic carbocycles. The van der Waals surface area contributed by atoms with Crippen molar-refractivity contribution in [3.05, 3.63) is 66.3 Å². The zero-order valence-corrected chi connectivity index (χ0v) is 15.1. The van der Waals surface area contributed by atoms with Crippen LogP contribution < -0.4 is 0 Å². The Kier molecular flexibility index (Phi) is 4.08. The number of oxazole rings is 1. The fraction of sp³-hybridized carbons (Fsp3) is 0.250. The van der Waals surface area contributed by atoms with Crippen LogP contribution in [0.15, 0.2) is 59.3 Å². The first-order valence-corrected chi connectivity index (χ1v) is 9.26. The van der Waals surface area contributed by atoms with Crippen molar-refractivity contribution in [2.75, 3.05) is 13.1 Å². The van der Waals surface area contributed by atoms with Gasteiger partial charge in [-0.3, -0.25) is 4.79 Å². The van der Waals surface area contributed by atoms with Crippen LogP contribution in [0.2, 0.25) is 0 Å². The standard InChI is InChI=1S/C20H18N6O2/c27-20(15-4-3-5-16(12-15)26-13-21-23-24-26)25-10-8-14(9-11-25)19-22-17-6-1-2-7-18(17)28-19/h1-7,12-14H,8-11H2. The Morgan fingerprint density at radius 1 is 1.07 bits per heavy atom. The average Bonchev–Trinajstić information content (AvgIpc) is 3.43. The number of amides is 1. The van der Waals surface area contributed by atoms with Crippen LogP contribution in [0.1, 0.15) is 35.0 Å². The molecule has 0 bridgehead atoms. The molecule has 1 saturated heterocycles. The molecule has 0 spiro atoms. The second-order valence-electron chi connectivity index (χ2n) is 6.89. The van der Waals surface area contributed by atoms with E-state index in [1.54, 1.807) is 0 Å². The number of piperidine rings is 1. The molecule has 8 heteroatoms. The normalized spacial score (nSPS) is 15.2. The molecule has 0 saturated carbocycles. The van der Waals surface area contributed by atoms with Crippen LogP contribution in [0.25, 0.3) is 16.8 Å². The minimum atomic E-state index is 0.0194. The van der Waals surface area contributed by atoms with Gasteiger partial charge >= 0.3 is 0 Å². The second-order valence-corrected chi connectivity index (χ2v) is 6.89. The van der Waals surface area contributed by atoms with E-state index in [2.05, 4.69) is 20.5 Å². The third kappa shape index (κ3) is 3.02. The number of fused-ring (bicyclic) bond motifs is 1. The molecule has 1 aliphatic rings. The number of hydrogen-bond acceptors (Lipinski definition) is 6. The number of nitrogens with zero attached hydrogens (tertiary/aromatic N) is 6. The van der Waals surface area contributed by atoms with Gasteiger partial charge in [-0.15, -0.1) is 5.10 Å². The quantitative estimate of drug-likeness (QED) is 0.548. The summed E-state index contributed by atoms with van der Waals surface area (Å²) in [6, 6.07) is 15.1. The summed E-state index contributed by atoms with van der Waals surface area (Å²) in [5.41, 5.74) is 3.09. The summed E-state index contributed by atoms with van der Waals surface area (Å²) < 4.78 is 7.45. The maximum atomic E-state index is 12.9. The molecule has 0 aliphatic carbocycles. The number of benzene rings is 2. The van der Waals surface area contributed by atoms with Crippen molar-refractivity contribution in [1.29, 1.82) is 0 Å². The molecule has 0 radical (unpaired) electrons. The summed E-state index contributed by atoms with van der Waals surface area (Å²) in [6.45, 7) is 1.36. The highest BCUT2D eigenvalue weighted by Crippen LogP contribution is 2.30. The van der Waals surface area contributed by atoms with E-state index in [4.69, 9.17) is 4.42 Å². The molecular formula is C20H18N6O2. The Balaban J connectivity index is 1.29. The van der Waals surface area contributed by atoms with Crippen LogP contribution in [0, 0.1) is 0 Å². The molecule has 0 unspecified atom stereocenters. The Morgan fingerprint density at radius 3 is 2.71 bits per heavy atom. The van der Waals surface area contributed by atoms with Crippen molar-refractivity contribution >= 4 is 17.0 Å². The van der Waals surface area contributed by atoms with Crippen molar-refractivity contribution < 1.29 is 9.21 Å². The summed E-state index contributed by atoms with van der Waals surface area (Å²) in [6.07, 6.45) is 3.19. The number of likely N-dealkylation sites (tertiary alicyclic amines) is 1. The van der Waals surface area contributed by atoms with Crippen molar-refractivity contribution in [3.63, 3.8) is 0 Å². The Hall–Kier alpha value is -3.55. The molecule has 28 heavy (non-hydrogen) atoms. The monoisotopic (exact) mass is 374 g/mol. The lowest BCUT2D eigenvalue weighted by molar-refractivity contribution is 0.0706. The van der Waals surface area contributed by atoms with E-state index in [9.17, 15) is 4.79 Å². The van der Waals surface area contributed by atoms with E-state index in [1.807, 2.05) is 53.4 Å². The number of carbonyl (C=O) groups is 1. The predicted molar refractivity (Wildman–Crippen MR) is 101 cm³/mol. The van der Waals surface area contributed by atoms with Gasteiger partial charge in [-0.05, 0) is 53.6 Å². The Labute approximate surface area is 160 Å². The van der Waals surface area contributed by atoms with Crippen LogP contribution in [0.3, 0.4) is 0 Å². The summed E-state index contributed by atoms with van der Waals surface area (Å²) in [5.74, 6) is 1.03. The largest absolute Gasteiger partial charge is 0.440 e. The van der Waals surface area contributed by atoms with Gasteiger partial charge in [0.1, 0.15) is 11.8 Å². The lowest BCUT2D eigenvalue weighted by Gasteiger charge is -2.30. The van der Waals surface area contributed by atoms with E-state index in [-0.39, 0.29) is 11.8 Å². The lowest BCUT2D eigenvalue weighted by atomic mass is 9.96. The number of para-hydroxylation sites is 2. The number of aromatic nitrogens is 5. The molecule has 2 aromatic heterocycles. The Bertz CT molecular complexity index is 1080. The van der Waals surface area contributed by atoms with Gasteiger partial charge in [0.25, 0.3) is 5.91 Å². The topological polar surface area (TPSA) is 89.9 Å². The van der Waals surface area contributed by atoms with Gasteiger partial charge in [0.15, 0.2) is 11.5 Å². The molecule has 1 amide bonds. The van der Waals surface area contributed by atoms with Crippen LogP contribution in [0.5, 0.6) is 0 Å². The first-order chi connectivity index (χ1) is 13.8. The maximum Gasteiger partial charge on any atom is 0.253 e. The number of tetrazole rings is 1. The van der Waals surface area contributed by atoms with Gasteiger partial charge < -0.3 is 9.32 Å². The van der Waals surface area contributed by atoms with Gasteiger partial charge in [-0.2, -0.15) is 0 Å². The minimum Gasteiger partial charge on any atom is -0.440 e. The van der Waals surface area contributed by atoms with Gasteiger partial charge in [-0.1, -0.05) is 18.2 Å². The first kappa shape index (κ1) is 16.6. The fourth-order valence-corrected chi connectivity index (χ4v) is 3.64. The fourth-order valence-electron chi connectivity index (χ4n) is 3.64. The predicted octanol–water partition coefficient (Wildman–Crippen LogP) is 2.82. The van der Waals surface area contributed by atoms with Crippen LogP contribution in [0.4, 0.5) is 0 Å². The Morgan fingerprint density at radius 2 is 1.93 bits per heavy atom. The van der Waals surface area contributed by atoms with Crippen molar-refractivity contribution in [2.45, 2.75) is 18.8 Å². The summed E-state index contributed by atoms with van der Waals surface area (Å²) in [7, 11) is 0. The molecule has 0 atom stereocenters. The average molecular weight is 374 g/mol. The molecule has 0 N–H and O–H groups in total. The minimum absolute atomic E-state index is 0.0194. The van der Waals surface area contributed by atoms with Gasteiger partial charge in [0.05, 0.1) is 5.69 Å². The molecule has 4 aromatic rings. The maximum absolute atomic E-state index is 12.9. The molecule has 5 rings (SSSR count). The highest BCUT2D eigenvalue weighted by Gasteiger charge is 2.27. The highest BCUT2D eigenvalue weighted by atomic mass is 16.3. The zero-order valence-electron chi connectivity index (χ0n) is 15.1. The SMILES string of the molecule is O=C(c1cccc(-n2cnnn2)c1)N1CCC(c2nc3ccccc3o2)CC1. The number of rotatable bonds is 3. The summed E-state index contributed by atoms with van der Waals surface area (Å²) >= 11 is 0. The highest BCUT2D eigenvalue weighted by molar-refractivity contribution is 5.94. The van der Waals surface area contributed by atoms with E-state index in [0.29, 0.717) is 18.7 Å². The van der Waals surface area contributed by atoms with Crippen LogP contribution >= 0.6 is 0 Å². The van der Waals surface area contributed by atoms with Crippen molar-refractivity contribution in [1.82, 2.24) is 30.1 Å². The van der Waals surface area contributed by atoms with E-state index < -0.39 is 0 Å². The molecule has 140 valence electrons. The first-order valence-electron chi connectivity index (χ1n) is 9.26. The second kappa shape index (κ2) is 6.88. The molecular weight excluding hydrogens is 356 g/mol. The number of carbonyl (C=O) groups excluding carboxylic acids is 1. The van der Waals surface area contributed by atoms with Gasteiger partial charge in [0.2, 0.25) is 0 Å². The zero-order chi connectivity index (χ0) is 18.9. The molecule has 3 heterocycles. The van der Waals surface area contributed by atoms with Gasteiger partial charge in [-0.25, -0.2) is 9.67 Å². The number of hydrogen-bond donors (Lipinski definition) is 0. The van der Waals surface area contributed by atoms with Crippen LogP contribution in [-0.4, -0.2) is 49.1 Å². The van der Waals surface area contributed by atoms with E-state index >= 15 is 0 Å². The third-order valence-corrected chi connectivity index (χ3v) is 5.15.